The molecular formula is C23H20N6. The molecule has 0 aliphatic heterocycles. The average molecular weight is 380 g/mol. The van der Waals surface area contributed by atoms with Gasteiger partial charge in [-0.1, -0.05) is 48.5 Å². The Hall–Kier alpha value is -4.06. The van der Waals surface area contributed by atoms with Gasteiger partial charge in [0.05, 0.1) is 5.71 Å². The van der Waals surface area contributed by atoms with Crippen molar-refractivity contribution in [2.45, 2.75) is 6.92 Å². The van der Waals surface area contributed by atoms with Crippen LogP contribution in [0.1, 0.15) is 12.5 Å². The van der Waals surface area contributed by atoms with Crippen LogP contribution in [0, 0.1) is 0 Å². The van der Waals surface area contributed by atoms with E-state index in [9.17, 15) is 0 Å². The molecule has 29 heavy (non-hydrogen) atoms. The van der Waals surface area contributed by atoms with Crippen LogP contribution in [0.3, 0.4) is 0 Å². The second-order valence-corrected chi connectivity index (χ2v) is 6.36. The van der Waals surface area contributed by atoms with Crippen molar-refractivity contribution in [2.75, 3.05) is 10.7 Å². The number of pyridine rings is 1. The summed E-state index contributed by atoms with van der Waals surface area (Å²) in [4.78, 5) is 13.2. The summed E-state index contributed by atoms with van der Waals surface area (Å²) in [5.74, 6) is 1.12. The maximum absolute atomic E-state index is 4.66. The number of nitrogens with zero attached hydrogens (tertiary/aromatic N) is 4. The van der Waals surface area contributed by atoms with Gasteiger partial charge in [0.25, 0.3) is 0 Å². The number of hydrogen-bond donors (Lipinski definition) is 2. The molecule has 4 aromatic rings. The zero-order valence-electron chi connectivity index (χ0n) is 15.9. The molecule has 4 rings (SSSR count). The molecule has 0 atom stereocenters. The minimum Gasteiger partial charge on any atom is -0.324 e. The van der Waals surface area contributed by atoms with E-state index in [0.29, 0.717) is 11.8 Å². The van der Waals surface area contributed by atoms with Gasteiger partial charge in [-0.15, -0.1) is 0 Å². The SMILES string of the molecule is CC(=NNc1nc(Nc2ccccc2)ncc1-c1ccccc1)c1ccncc1. The smallest absolute Gasteiger partial charge is 0.229 e. The first-order chi connectivity index (χ1) is 14.3. The van der Waals surface area contributed by atoms with Gasteiger partial charge in [0, 0.05) is 35.4 Å². The fourth-order valence-electron chi connectivity index (χ4n) is 2.80. The number of hydrogen-bond acceptors (Lipinski definition) is 6. The average Bonchev–Trinajstić information content (AvgIpc) is 2.79. The highest BCUT2D eigenvalue weighted by molar-refractivity contribution is 5.99. The number of para-hydroxylation sites is 1. The summed E-state index contributed by atoms with van der Waals surface area (Å²) in [6, 6.07) is 23.7. The van der Waals surface area contributed by atoms with E-state index in [1.54, 1.807) is 18.6 Å². The largest absolute Gasteiger partial charge is 0.324 e. The van der Waals surface area contributed by atoms with Crippen molar-refractivity contribution in [3.05, 3.63) is 97.0 Å². The van der Waals surface area contributed by atoms with Crippen molar-refractivity contribution in [3.63, 3.8) is 0 Å². The molecule has 0 aliphatic carbocycles. The van der Waals surface area contributed by atoms with Crippen LogP contribution < -0.4 is 10.7 Å². The molecule has 6 nitrogen and oxygen atoms in total. The Kier molecular flexibility index (Phi) is 5.53. The Labute approximate surface area is 169 Å². The van der Waals surface area contributed by atoms with Crippen molar-refractivity contribution >= 4 is 23.2 Å². The quantitative estimate of drug-likeness (QED) is 0.359. The standard InChI is InChI=1S/C23H20N6/c1-17(18-12-14-24-15-13-18)28-29-22-21(19-8-4-2-5-9-19)16-25-23(27-22)26-20-10-6-3-7-11-20/h2-16H,1H3,(H2,25,26,27,29). The van der Waals surface area contributed by atoms with Gasteiger partial charge in [0.1, 0.15) is 0 Å². The Balaban J connectivity index is 1.67. The van der Waals surface area contributed by atoms with Crippen molar-refractivity contribution < 1.29 is 0 Å². The van der Waals surface area contributed by atoms with E-state index >= 15 is 0 Å². The molecule has 2 heterocycles. The maximum Gasteiger partial charge on any atom is 0.229 e. The van der Waals surface area contributed by atoms with E-state index in [1.807, 2.05) is 79.7 Å². The lowest BCUT2D eigenvalue weighted by Gasteiger charge is -2.11. The highest BCUT2D eigenvalue weighted by atomic mass is 15.3. The second kappa shape index (κ2) is 8.75. The van der Waals surface area contributed by atoms with E-state index in [4.69, 9.17) is 0 Å². The zero-order chi connectivity index (χ0) is 19.9. The van der Waals surface area contributed by atoms with Crippen LogP contribution >= 0.6 is 0 Å². The Morgan fingerprint density at radius 1 is 0.862 bits per heavy atom. The summed E-state index contributed by atoms with van der Waals surface area (Å²) in [7, 11) is 0. The first kappa shape index (κ1) is 18.3. The highest BCUT2D eigenvalue weighted by Crippen LogP contribution is 2.27. The molecule has 2 N–H and O–H groups in total. The molecule has 142 valence electrons. The number of benzene rings is 2. The molecule has 6 heteroatoms. The van der Waals surface area contributed by atoms with Crippen LogP contribution in [0.4, 0.5) is 17.5 Å². The lowest BCUT2D eigenvalue weighted by molar-refractivity contribution is 1.14. The lowest BCUT2D eigenvalue weighted by atomic mass is 10.1. The number of nitrogens with one attached hydrogen (secondary N) is 2. The van der Waals surface area contributed by atoms with E-state index in [2.05, 4.69) is 30.8 Å². The highest BCUT2D eigenvalue weighted by Gasteiger charge is 2.10. The molecule has 0 bridgehead atoms. The fourth-order valence-corrected chi connectivity index (χ4v) is 2.80. The van der Waals surface area contributed by atoms with Crippen molar-refractivity contribution in [1.29, 1.82) is 0 Å². The summed E-state index contributed by atoms with van der Waals surface area (Å²) in [6.07, 6.45) is 5.29. The predicted octanol–water partition coefficient (Wildman–Crippen LogP) is 5.12. The third-order valence-electron chi connectivity index (χ3n) is 4.33. The first-order valence-electron chi connectivity index (χ1n) is 9.25. The van der Waals surface area contributed by atoms with Gasteiger partial charge in [0.2, 0.25) is 5.95 Å². The monoisotopic (exact) mass is 380 g/mol. The van der Waals surface area contributed by atoms with Crippen LogP contribution in [-0.4, -0.2) is 20.7 Å². The number of hydrazone groups is 1. The fraction of sp³-hybridized carbons (Fsp3) is 0.0435. The number of anilines is 3. The molecule has 0 fully saturated rings. The van der Waals surface area contributed by atoms with Gasteiger partial charge in [-0.05, 0) is 36.8 Å². The van der Waals surface area contributed by atoms with Gasteiger partial charge in [-0.3, -0.25) is 10.4 Å². The molecular weight excluding hydrogens is 360 g/mol. The first-order valence-corrected chi connectivity index (χ1v) is 9.25. The van der Waals surface area contributed by atoms with E-state index < -0.39 is 0 Å². The third-order valence-corrected chi connectivity index (χ3v) is 4.33. The summed E-state index contributed by atoms with van der Waals surface area (Å²) in [5.41, 5.74) is 7.74. The van der Waals surface area contributed by atoms with Crippen LogP contribution in [0.2, 0.25) is 0 Å². The molecule has 0 saturated heterocycles. The van der Waals surface area contributed by atoms with Crippen LogP contribution in [0.15, 0.2) is 96.5 Å². The molecule has 2 aromatic heterocycles. The summed E-state index contributed by atoms with van der Waals surface area (Å²) >= 11 is 0. The normalized spacial score (nSPS) is 11.1. The molecule has 0 aliphatic rings. The Morgan fingerprint density at radius 3 is 2.28 bits per heavy atom. The summed E-state index contributed by atoms with van der Waals surface area (Å²) < 4.78 is 0. The van der Waals surface area contributed by atoms with Crippen molar-refractivity contribution in [1.82, 2.24) is 15.0 Å². The summed E-state index contributed by atoms with van der Waals surface area (Å²) in [6.45, 7) is 1.94. The molecule has 0 radical (unpaired) electrons. The van der Waals surface area contributed by atoms with E-state index in [1.165, 1.54) is 0 Å². The van der Waals surface area contributed by atoms with E-state index in [0.717, 1.165) is 28.1 Å². The molecule has 2 aromatic carbocycles. The van der Waals surface area contributed by atoms with E-state index in [-0.39, 0.29) is 0 Å². The summed E-state index contributed by atoms with van der Waals surface area (Å²) in [5, 5.41) is 7.74. The molecule has 0 unspecified atom stereocenters. The van der Waals surface area contributed by atoms with Crippen molar-refractivity contribution in [3.8, 4) is 11.1 Å². The van der Waals surface area contributed by atoms with Gasteiger partial charge in [0.15, 0.2) is 5.82 Å². The van der Waals surface area contributed by atoms with Gasteiger partial charge < -0.3 is 5.32 Å². The molecule has 0 amide bonds. The zero-order valence-corrected chi connectivity index (χ0v) is 15.9. The van der Waals surface area contributed by atoms with Gasteiger partial charge >= 0.3 is 0 Å². The Morgan fingerprint density at radius 2 is 1.55 bits per heavy atom. The van der Waals surface area contributed by atoms with Crippen molar-refractivity contribution in [2.24, 2.45) is 5.10 Å². The number of aromatic nitrogens is 3. The van der Waals surface area contributed by atoms with Crippen LogP contribution in [0.25, 0.3) is 11.1 Å². The van der Waals surface area contributed by atoms with Gasteiger partial charge in [-0.2, -0.15) is 10.1 Å². The lowest BCUT2D eigenvalue weighted by Crippen LogP contribution is -2.05. The maximum atomic E-state index is 4.66. The minimum atomic E-state index is 0.496. The topological polar surface area (TPSA) is 75.1 Å². The van der Waals surface area contributed by atoms with Crippen LogP contribution in [0.5, 0.6) is 0 Å². The third kappa shape index (κ3) is 4.62. The Bertz CT molecular complexity index is 1100. The number of rotatable bonds is 6. The molecule has 0 spiro atoms. The molecule has 0 saturated carbocycles. The minimum absolute atomic E-state index is 0.496. The van der Waals surface area contributed by atoms with Gasteiger partial charge in [-0.25, -0.2) is 4.98 Å². The predicted molar refractivity (Wildman–Crippen MR) is 117 cm³/mol. The second-order valence-electron chi connectivity index (χ2n) is 6.36. The van der Waals surface area contributed by atoms with Crippen LogP contribution in [-0.2, 0) is 0 Å².